The zero-order chi connectivity index (χ0) is 20.5. The van der Waals surface area contributed by atoms with Crippen LogP contribution in [0.4, 0.5) is 4.79 Å². The molecule has 4 aliphatic rings. The van der Waals surface area contributed by atoms with Gasteiger partial charge in [0.05, 0.1) is 19.8 Å². The number of likely N-dealkylation sites (tertiary alicyclic amines) is 1. The van der Waals surface area contributed by atoms with Crippen molar-refractivity contribution in [3.63, 3.8) is 0 Å². The van der Waals surface area contributed by atoms with Gasteiger partial charge in [-0.25, -0.2) is 9.79 Å². The summed E-state index contributed by atoms with van der Waals surface area (Å²) in [6, 6.07) is 9.13. The molecule has 2 amide bonds. The van der Waals surface area contributed by atoms with Crippen LogP contribution in [0.5, 0.6) is 0 Å². The normalized spacial score (nSPS) is 27.1. The topological polar surface area (TPSA) is 57.5 Å². The van der Waals surface area contributed by atoms with Crippen molar-refractivity contribution in [2.24, 2.45) is 21.8 Å². The number of piperidine rings is 1. The predicted octanol–water partition coefficient (Wildman–Crippen LogP) is 3.37. The number of carbonyl (C=O) groups excluding carboxylic acids is 1. The number of rotatable bonds is 4. The third kappa shape index (κ3) is 4.15. The smallest absolute Gasteiger partial charge is 0.320 e. The first-order valence-electron chi connectivity index (χ1n) is 11.5. The summed E-state index contributed by atoms with van der Waals surface area (Å²) in [6.07, 6.45) is 4.56. The molecule has 5 rings (SSSR count). The third-order valence-electron chi connectivity index (χ3n) is 6.94. The maximum atomic E-state index is 13.3. The van der Waals surface area contributed by atoms with Crippen molar-refractivity contribution in [1.82, 2.24) is 9.80 Å². The molecule has 1 aromatic rings. The number of aryl methyl sites for hydroxylation is 1. The zero-order valence-electron chi connectivity index (χ0n) is 17.9. The van der Waals surface area contributed by atoms with Crippen LogP contribution in [0.1, 0.15) is 43.2 Å². The average molecular weight is 409 g/mol. The Labute approximate surface area is 179 Å². The molecule has 3 aliphatic heterocycles. The first kappa shape index (κ1) is 19.7. The molecular formula is C24H32N4O2. The molecule has 30 heavy (non-hydrogen) atoms. The summed E-state index contributed by atoms with van der Waals surface area (Å²) in [7, 11) is 0. The molecule has 0 spiro atoms. The highest BCUT2D eigenvalue weighted by molar-refractivity contribution is 6.06. The van der Waals surface area contributed by atoms with Gasteiger partial charge in [-0.2, -0.15) is 0 Å². The van der Waals surface area contributed by atoms with E-state index < -0.39 is 0 Å². The SMILES string of the molecule is CCc1ccc(C2CC(C3=NC(C4CC4)=NC3)CN(C(=O)N3CCOCC3)C2)cc1. The van der Waals surface area contributed by atoms with Gasteiger partial charge in [0.2, 0.25) is 0 Å². The number of benzene rings is 1. The van der Waals surface area contributed by atoms with Gasteiger partial charge in [0.15, 0.2) is 0 Å². The Bertz CT molecular complexity index is 837. The quantitative estimate of drug-likeness (QED) is 0.767. The molecule has 0 aromatic heterocycles. The van der Waals surface area contributed by atoms with Gasteiger partial charge in [-0.3, -0.25) is 4.99 Å². The molecule has 6 heteroatoms. The third-order valence-corrected chi connectivity index (χ3v) is 6.94. The highest BCUT2D eigenvalue weighted by atomic mass is 16.5. The molecule has 1 aromatic carbocycles. The van der Waals surface area contributed by atoms with E-state index in [2.05, 4.69) is 36.1 Å². The minimum Gasteiger partial charge on any atom is -0.378 e. The molecule has 0 bridgehead atoms. The Morgan fingerprint density at radius 2 is 1.77 bits per heavy atom. The Balaban J connectivity index is 1.36. The number of nitrogens with zero attached hydrogens (tertiary/aromatic N) is 4. The van der Waals surface area contributed by atoms with E-state index in [0.29, 0.717) is 44.1 Å². The van der Waals surface area contributed by atoms with Crippen LogP contribution in [0.2, 0.25) is 0 Å². The second-order valence-electron chi connectivity index (χ2n) is 9.06. The summed E-state index contributed by atoms with van der Waals surface area (Å²) in [5.41, 5.74) is 3.88. The minimum atomic E-state index is 0.153. The van der Waals surface area contributed by atoms with E-state index in [9.17, 15) is 4.79 Å². The second kappa shape index (κ2) is 8.50. The molecule has 160 valence electrons. The Kier molecular flexibility index (Phi) is 5.59. The fraction of sp³-hybridized carbons (Fsp3) is 0.625. The van der Waals surface area contributed by atoms with Gasteiger partial charge in [0, 0.05) is 49.6 Å². The van der Waals surface area contributed by atoms with Crippen molar-refractivity contribution in [2.75, 3.05) is 45.9 Å². The van der Waals surface area contributed by atoms with Crippen molar-refractivity contribution in [3.05, 3.63) is 35.4 Å². The van der Waals surface area contributed by atoms with Crippen molar-refractivity contribution in [1.29, 1.82) is 0 Å². The van der Waals surface area contributed by atoms with Gasteiger partial charge in [0.25, 0.3) is 0 Å². The van der Waals surface area contributed by atoms with E-state index in [1.165, 1.54) is 29.7 Å². The van der Waals surface area contributed by atoms with E-state index in [4.69, 9.17) is 14.7 Å². The highest BCUT2D eigenvalue weighted by Crippen LogP contribution is 2.36. The lowest BCUT2D eigenvalue weighted by Gasteiger charge is -2.41. The maximum absolute atomic E-state index is 13.3. The van der Waals surface area contributed by atoms with Crippen LogP contribution >= 0.6 is 0 Å². The number of urea groups is 1. The van der Waals surface area contributed by atoms with Crippen LogP contribution in [0.3, 0.4) is 0 Å². The van der Waals surface area contributed by atoms with Gasteiger partial charge in [-0.1, -0.05) is 31.2 Å². The van der Waals surface area contributed by atoms with Gasteiger partial charge in [-0.15, -0.1) is 0 Å². The average Bonchev–Trinajstić information content (AvgIpc) is 3.55. The number of carbonyl (C=O) groups is 1. The van der Waals surface area contributed by atoms with Gasteiger partial charge < -0.3 is 14.5 Å². The molecule has 1 aliphatic carbocycles. The Morgan fingerprint density at radius 1 is 1.03 bits per heavy atom. The van der Waals surface area contributed by atoms with Crippen LogP contribution in [-0.4, -0.2) is 73.3 Å². The first-order valence-corrected chi connectivity index (χ1v) is 11.5. The van der Waals surface area contributed by atoms with Crippen LogP contribution in [-0.2, 0) is 11.2 Å². The predicted molar refractivity (Wildman–Crippen MR) is 118 cm³/mol. The molecular weight excluding hydrogens is 376 g/mol. The van der Waals surface area contributed by atoms with Crippen molar-refractivity contribution in [3.8, 4) is 0 Å². The number of hydrogen-bond acceptors (Lipinski definition) is 4. The summed E-state index contributed by atoms with van der Waals surface area (Å²) >= 11 is 0. The first-order chi connectivity index (χ1) is 14.7. The lowest BCUT2D eigenvalue weighted by atomic mass is 9.82. The Morgan fingerprint density at radius 3 is 2.47 bits per heavy atom. The number of aliphatic imine (C=N–C) groups is 2. The van der Waals surface area contributed by atoms with Crippen molar-refractivity contribution < 1.29 is 9.53 Å². The summed E-state index contributed by atoms with van der Waals surface area (Å²) in [4.78, 5) is 27.0. The molecule has 2 saturated heterocycles. The molecule has 0 N–H and O–H groups in total. The van der Waals surface area contributed by atoms with Gasteiger partial charge >= 0.3 is 6.03 Å². The minimum absolute atomic E-state index is 0.153. The molecule has 2 atom stereocenters. The van der Waals surface area contributed by atoms with Gasteiger partial charge in [-0.05, 0) is 36.8 Å². The van der Waals surface area contributed by atoms with E-state index in [1.807, 2.05) is 4.90 Å². The monoisotopic (exact) mass is 408 g/mol. The zero-order valence-corrected chi connectivity index (χ0v) is 17.9. The van der Waals surface area contributed by atoms with Crippen molar-refractivity contribution in [2.45, 2.75) is 38.5 Å². The molecule has 3 fully saturated rings. The molecule has 3 heterocycles. The number of ether oxygens (including phenoxy) is 1. The van der Waals surface area contributed by atoms with E-state index in [0.717, 1.165) is 38.3 Å². The lowest BCUT2D eigenvalue weighted by Crippen LogP contribution is -2.53. The van der Waals surface area contributed by atoms with Crippen molar-refractivity contribution >= 4 is 17.6 Å². The second-order valence-corrected chi connectivity index (χ2v) is 9.06. The number of amidine groups is 1. The lowest BCUT2D eigenvalue weighted by molar-refractivity contribution is 0.0396. The largest absolute Gasteiger partial charge is 0.378 e. The summed E-state index contributed by atoms with van der Waals surface area (Å²) in [6.45, 7) is 7.08. The Hall–Kier alpha value is -2.21. The summed E-state index contributed by atoms with van der Waals surface area (Å²) < 4.78 is 5.45. The molecule has 6 nitrogen and oxygen atoms in total. The molecule has 1 saturated carbocycles. The summed E-state index contributed by atoms with van der Waals surface area (Å²) in [5.74, 6) is 2.28. The highest BCUT2D eigenvalue weighted by Gasteiger charge is 2.37. The number of hydrogen-bond donors (Lipinski definition) is 0. The molecule has 0 radical (unpaired) electrons. The van der Waals surface area contributed by atoms with Crippen LogP contribution < -0.4 is 0 Å². The van der Waals surface area contributed by atoms with Crippen LogP contribution in [0.15, 0.2) is 34.3 Å². The van der Waals surface area contributed by atoms with E-state index in [1.54, 1.807) is 0 Å². The number of amides is 2. The fourth-order valence-corrected chi connectivity index (χ4v) is 4.88. The standard InChI is InChI=1S/C24H32N4O2/c1-2-17-3-5-18(6-4-17)20-13-21(22-14-25-23(26-22)19-7-8-19)16-28(15-20)24(29)27-9-11-30-12-10-27/h3-6,19-21H,2,7-16H2,1H3. The van der Waals surface area contributed by atoms with E-state index >= 15 is 0 Å². The van der Waals surface area contributed by atoms with Crippen LogP contribution in [0, 0.1) is 11.8 Å². The summed E-state index contributed by atoms with van der Waals surface area (Å²) in [5, 5.41) is 0. The van der Waals surface area contributed by atoms with Gasteiger partial charge in [0.1, 0.15) is 5.84 Å². The number of morpholine rings is 1. The molecule has 2 unspecified atom stereocenters. The van der Waals surface area contributed by atoms with Crippen LogP contribution in [0.25, 0.3) is 0 Å². The van der Waals surface area contributed by atoms with E-state index in [-0.39, 0.29) is 6.03 Å². The maximum Gasteiger partial charge on any atom is 0.320 e. The fourth-order valence-electron chi connectivity index (χ4n) is 4.88.